The monoisotopic (exact) mass is 491 g/mol. The number of aromatic nitrogens is 3. The molecule has 3 heterocycles. The van der Waals surface area contributed by atoms with Crippen LogP contribution in [0.2, 0.25) is 0 Å². The fourth-order valence-corrected chi connectivity index (χ4v) is 4.98. The van der Waals surface area contributed by atoms with E-state index in [0.717, 1.165) is 36.5 Å². The van der Waals surface area contributed by atoms with Crippen LogP contribution in [0.4, 0.5) is 0 Å². The third kappa shape index (κ3) is 5.95. The van der Waals surface area contributed by atoms with Gasteiger partial charge in [0.05, 0.1) is 24.5 Å². The van der Waals surface area contributed by atoms with Gasteiger partial charge in [-0.15, -0.1) is 11.3 Å². The number of likely N-dealkylation sites (tertiary alicyclic amines) is 1. The van der Waals surface area contributed by atoms with Gasteiger partial charge in [-0.25, -0.2) is 4.98 Å². The number of nitrogens with zero attached hydrogens (tertiary/aromatic N) is 4. The van der Waals surface area contributed by atoms with Crippen molar-refractivity contribution in [1.29, 1.82) is 10.8 Å². The van der Waals surface area contributed by atoms with Gasteiger partial charge in [-0.05, 0) is 50.9 Å². The van der Waals surface area contributed by atoms with Crippen LogP contribution in [0.5, 0.6) is 0 Å². The van der Waals surface area contributed by atoms with Crippen LogP contribution in [0.15, 0.2) is 42.2 Å². The maximum Gasteiger partial charge on any atom is 0.254 e. The Labute approximate surface area is 208 Å². The second-order valence-electron chi connectivity index (χ2n) is 8.40. The number of thiazole rings is 1. The Morgan fingerprint density at radius 1 is 1.26 bits per heavy atom. The van der Waals surface area contributed by atoms with Gasteiger partial charge in [-0.1, -0.05) is 6.92 Å². The maximum atomic E-state index is 13.7. The molecular weight excluding hydrogens is 462 g/mol. The standard InChI is InChI=1S/C25H29N7O2S/c1-3-6-28-14-22(26)34-23(27)18-10-17(20-13-29-7-8-30-20)11-19(12-18)25(33)32-9-4-5-21(32)24-31-16(2)15-35-24/h7-8,10-13,15,21,26-28H,3-6,9,14H2,1-2H3/t21-/m1/s1. The molecule has 10 heteroatoms. The van der Waals surface area contributed by atoms with E-state index < -0.39 is 0 Å². The molecule has 0 radical (unpaired) electrons. The van der Waals surface area contributed by atoms with E-state index in [9.17, 15) is 4.79 Å². The van der Waals surface area contributed by atoms with Crippen molar-refractivity contribution < 1.29 is 9.53 Å². The molecule has 2 aromatic heterocycles. The Morgan fingerprint density at radius 2 is 2.09 bits per heavy atom. The van der Waals surface area contributed by atoms with Gasteiger partial charge in [0, 0.05) is 46.7 Å². The van der Waals surface area contributed by atoms with Gasteiger partial charge in [0.1, 0.15) is 5.01 Å². The molecule has 1 amide bonds. The molecule has 1 aliphatic heterocycles. The van der Waals surface area contributed by atoms with Gasteiger partial charge in [-0.2, -0.15) is 0 Å². The molecule has 9 nitrogen and oxygen atoms in total. The molecule has 35 heavy (non-hydrogen) atoms. The third-order valence-corrected chi connectivity index (χ3v) is 6.74. The number of hydrogen-bond donors (Lipinski definition) is 3. The summed E-state index contributed by atoms with van der Waals surface area (Å²) in [4.78, 5) is 28.7. The quantitative estimate of drug-likeness (QED) is 0.246. The summed E-state index contributed by atoms with van der Waals surface area (Å²) in [7, 11) is 0. The Balaban J connectivity index is 1.63. The van der Waals surface area contributed by atoms with Gasteiger partial charge in [0.15, 0.2) is 0 Å². The Bertz CT molecular complexity index is 1210. The normalized spacial score (nSPS) is 15.3. The fourth-order valence-electron chi connectivity index (χ4n) is 4.03. The number of aryl methyl sites for hydroxylation is 1. The summed E-state index contributed by atoms with van der Waals surface area (Å²) >= 11 is 1.58. The average molecular weight is 492 g/mol. The number of amides is 1. The molecule has 4 rings (SSSR count). The van der Waals surface area contributed by atoms with E-state index in [1.165, 1.54) is 0 Å². The predicted molar refractivity (Wildman–Crippen MR) is 136 cm³/mol. The first kappa shape index (κ1) is 24.6. The Hall–Kier alpha value is -3.50. The summed E-state index contributed by atoms with van der Waals surface area (Å²) in [5.74, 6) is -0.374. The molecule has 1 fully saturated rings. The van der Waals surface area contributed by atoms with Gasteiger partial charge in [0.2, 0.25) is 11.8 Å². The zero-order valence-electron chi connectivity index (χ0n) is 19.9. The number of ether oxygens (including phenoxy) is 1. The minimum Gasteiger partial charge on any atom is -0.424 e. The zero-order valence-corrected chi connectivity index (χ0v) is 20.7. The van der Waals surface area contributed by atoms with E-state index in [-0.39, 0.29) is 30.3 Å². The van der Waals surface area contributed by atoms with Gasteiger partial charge in [0.25, 0.3) is 5.91 Å². The SMILES string of the molecule is CCCNCC(=N)OC(=N)c1cc(C(=O)N2CCC[C@@H]2c2nc(C)cs2)cc(-c2cnccn2)c1. The van der Waals surface area contributed by atoms with Crippen molar-refractivity contribution in [2.45, 2.75) is 39.2 Å². The van der Waals surface area contributed by atoms with Crippen LogP contribution in [0.3, 0.4) is 0 Å². The van der Waals surface area contributed by atoms with Crippen LogP contribution in [0, 0.1) is 17.7 Å². The predicted octanol–water partition coefficient (Wildman–Crippen LogP) is 4.20. The Morgan fingerprint density at radius 3 is 2.80 bits per heavy atom. The smallest absolute Gasteiger partial charge is 0.254 e. The topological polar surface area (TPSA) is 128 Å². The first-order valence-electron chi connectivity index (χ1n) is 11.7. The first-order chi connectivity index (χ1) is 17.0. The molecule has 0 unspecified atom stereocenters. The van der Waals surface area contributed by atoms with Crippen LogP contribution < -0.4 is 5.32 Å². The van der Waals surface area contributed by atoms with Crippen molar-refractivity contribution in [1.82, 2.24) is 25.2 Å². The average Bonchev–Trinajstić information content (AvgIpc) is 3.53. The first-order valence-corrected chi connectivity index (χ1v) is 12.5. The van der Waals surface area contributed by atoms with Crippen molar-refractivity contribution in [2.75, 3.05) is 19.6 Å². The van der Waals surface area contributed by atoms with Crippen LogP contribution >= 0.6 is 11.3 Å². The van der Waals surface area contributed by atoms with Gasteiger partial charge >= 0.3 is 0 Å². The molecule has 0 aliphatic carbocycles. The summed E-state index contributed by atoms with van der Waals surface area (Å²) in [5.41, 5.74) is 3.04. The number of carbonyl (C=O) groups is 1. The summed E-state index contributed by atoms with van der Waals surface area (Å²) in [6, 6.07) is 5.11. The summed E-state index contributed by atoms with van der Waals surface area (Å²) < 4.78 is 5.46. The number of nitrogens with one attached hydrogen (secondary N) is 3. The lowest BCUT2D eigenvalue weighted by Crippen LogP contribution is -2.31. The molecule has 1 saturated heterocycles. The zero-order chi connectivity index (χ0) is 24.8. The van der Waals surface area contributed by atoms with Gasteiger partial charge in [-0.3, -0.25) is 25.6 Å². The number of carbonyl (C=O) groups excluding carboxylic acids is 1. The number of hydrogen-bond acceptors (Lipinski definition) is 9. The fraction of sp³-hybridized carbons (Fsp3) is 0.360. The number of rotatable bonds is 8. The molecule has 0 spiro atoms. The highest BCUT2D eigenvalue weighted by atomic mass is 32.1. The summed E-state index contributed by atoms with van der Waals surface area (Å²) in [6.45, 7) is 5.63. The molecule has 0 saturated carbocycles. The molecular formula is C25H29N7O2S. The lowest BCUT2D eigenvalue weighted by Gasteiger charge is -2.24. The second-order valence-corrected chi connectivity index (χ2v) is 9.29. The highest BCUT2D eigenvalue weighted by molar-refractivity contribution is 7.09. The molecule has 3 aromatic rings. The van der Waals surface area contributed by atoms with Crippen molar-refractivity contribution in [3.8, 4) is 11.3 Å². The number of benzene rings is 1. The molecule has 1 aromatic carbocycles. The van der Waals surface area contributed by atoms with Crippen molar-refractivity contribution >= 4 is 29.0 Å². The van der Waals surface area contributed by atoms with E-state index in [4.69, 9.17) is 15.6 Å². The van der Waals surface area contributed by atoms with Crippen LogP contribution in [-0.4, -0.2) is 57.2 Å². The van der Waals surface area contributed by atoms with E-state index in [1.807, 2.05) is 24.1 Å². The van der Waals surface area contributed by atoms with E-state index in [2.05, 4.69) is 20.3 Å². The van der Waals surface area contributed by atoms with Gasteiger partial charge < -0.3 is 15.0 Å². The molecule has 3 N–H and O–H groups in total. The summed E-state index contributed by atoms with van der Waals surface area (Å²) in [5, 5.41) is 22.5. The third-order valence-electron chi connectivity index (χ3n) is 5.67. The van der Waals surface area contributed by atoms with Crippen molar-refractivity contribution in [3.63, 3.8) is 0 Å². The minimum absolute atomic E-state index is 0.0556. The molecule has 1 aliphatic rings. The van der Waals surface area contributed by atoms with Crippen molar-refractivity contribution in [2.24, 2.45) is 0 Å². The van der Waals surface area contributed by atoms with Crippen LogP contribution in [-0.2, 0) is 4.74 Å². The summed E-state index contributed by atoms with van der Waals surface area (Å²) in [6.07, 6.45) is 7.50. The molecule has 0 bridgehead atoms. The lowest BCUT2D eigenvalue weighted by molar-refractivity contribution is 0.0735. The second kappa shape index (κ2) is 11.3. The maximum absolute atomic E-state index is 13.7. The molecule has 182 valence electrons. The van der Waals surface area contributed by atoms with E-state index >= 15 is 0 Å². The van der Waals surface area contributed by atoms with E-state index in [1.54, 1.807) is 48.1 Å². The minimum atomic E-state index is -0.193. The Kier molecular flexibility index (Phi) is 7.94. The van der Waals surface area contributed by atoms with Crippen molar-refractivity contribution in [3.05, 3.63) is 64.0 Å². The van der Waals surface area contributed by atoms with Crippen LogP contribution in [0.25, 0.3) is 11.3 Å². The lowest BCUT2D eigenvalue weighted by atomic mass is 10.0. The highest BCUT2D eigenvalue weighted by Gasteiger charge is 2.33. The molecule has 1 atom stereocenters. The highest BCUT2D eigenvalue weighted by Crippen LogP contribution is 2.35. The van der Waals surface area contributed by atoms with E-state index in [0.29, 0.717) is 28.9 Å². The van der Waals surface area contributed by atoms with Crippen LogP contribution in [0.1, 0.15) is 58.9 Å². The largest absolute Gasteiger partial charge is 0.424 e.